The maximum atomic E-state index is 12.8. The molecule has 0 bridgehead atoms. The van der Waals surface area contributed by atoms with Crippen LogP contribution in [0.1, 0.15) is 16.7 Å². The molecular weight excluding hydrogens is 387 g/mol. The molecule has 0 fully saturated rings. The molecule has 0 saturated heterocycles. The molecule has 2 aromatic carbocycles. The molecule has 0 spiro atoms. The Morgan fingerprint density at radius 1 is 1.00 bits per heavy atom. The van der Waals surface area contributed by atoms with Gasteiger partial charge in [0.25, 0.3) is 0 Å². The van der Waals surface area contributed by atoms with Crippen LogP contribution < -0.4 is 10.0 Å². The second kappa shape index (κ2) is 9.43. The van der Waals surface area contributed by atoms with Gasteiger partial charge in [-0.2, -0.15) is 0 Å². The third-order valence-electron chi connectivity index (χ3n) is 3.95. The Morgan fingerprint density at radius 3 is 2.32 bits per heavy atom. The van der Waals surface area contributed by atoms with E-state index in [2.05, 4.69) is 10.0 Å². The summed E-state index contributed by atoms with van der Waals surface area (Å²) in [6.45, 7) is 2.67. The molecule has 2 aromatic rings. The van der Waals surface area contributed by atoms with Crippen molar-refractivity contribution in [1.82, 2.24) is 10.0 Å². The molecule has 0 saturated carbocycles. The maximum Gasteiger partial charge on any atom is 0.325 e. The molecular formula is C19H21FN2O5S. The van der Waals surface area contributed by atoms with Crippen LogP contribution in [-0.4, -0.2) is 33.4 Å². The van der Waals surface area contributed by atoms with E-state index in [0.29, 0.717) is 5.56 Å². The van der Waals surface area contributed by atoms with Crippen molar-refractivity contribution in [3.8, 4) is 0 Å². The first-order chi connectivity index (χ1) is 13.2. The largest absolute Gasteiger partial charge is 0.460 e. The highest BCUT2D eigenvalue weighted by atomic mass is 32.2. The quantitative estimate of drug-likeness (QED) is 0.646. The number of aryl methyl sites for hydroxylation is 2. The zero-order valence-electron chi connectivity index (χ0n) is 15.5. The van der Waals surface area contributed by atoms with Gasteiger partial charge in [-0.05, 0) is 54.8 Å². The molecule has 0 radical (unpaired) electrons. The third kappa shape index (κ3) is 6.43. The first kappa shape index (κ1) is 21.5. The predicted molar refractivity (Wildman–Crippen MR) is 100 cm³/mol. The van der Waals surface area contributed by atoms with Gasteiger partial charge < -0.3 is 10.1 Å². The molecule has 150 valence electrons. The molecule has 0 unspecified atom stereocenters. The number of sulfonamides is 1. The van der Waals surface area contributed by atoms with Crippen molar-refractivity contribution in [1.29, 1.82) is 0 Å². The van der Waals surface area contributed by atoms with Crippen LogP contribution >= 0.6 is 0 Å². The van der Waals surface area contributed by atoms with Crippen LogP contribution in [-0.2, 0) is 31.0 Å². The van der Waals surface area contributed by atoms with Gasteiger partial charge in [-0.25, -0.2) is 17.5 Å². The summed E-state index contributed by atoms with van der Waals surface area (Å²) in [6, 6.07) is 10.1. The van der Waals surface area contributed by atoms with Gasteiger partial charge in [0.15, 0.2) is 0 Å². The van der Waals surface area contributed by atoms with Crippen molar-refractivity contribution in [3.05, 3.63) is 65.0 Å². The molecule has 28 heavy (non-hydrogen) atoms. The van der Waals surface area contributed by atoms with Gasteiger partial charge in [0.2, 0.25) is 15.9 Å². The Balaban J connectivity index is 1.76. The van der Waals surface area contributed by atoms with Crippen molar-refractivity contribution >= 4 is 21.9 Å². The SMILES string of the molecule is Cc1ccc(S(=O)(=O)NCC(=O)NCC(=O)OCc2ccc(F)cc2)cc1C. The minimum absolute atomic E-state index is 0.0575. The average molecular weight is 408 g/mol. The molecule has 2 N–H and O–H groups in total. The Bertz CT molecular complexity index is 959. The monoisotopic (exact) mass is 408 g/mol. The van der Waals surface area contributed by atoms with Crippen molar-refractivity contribution in [2.75, 3.05) is 13.1 Å². The smallest absolute Gasteiger partial charge is 0.325 e. The molecule has 0 atom stereocenters. The number of esters is 1. The Morgan fingerprint density at radius 2 is 1.68 bits per heavy atom. The highest BCUT2D eigenvalue weighted by Crippen LogP contribution is 2.14. The number of hydrogen-bond acceptors (Lipinski definition) is 5. The first-order valence-corrected chi connectivity index (χ1v) is 9.89. The molecule has 0 aromatic heterocycles. The lowest BCUT2D eigenvalue weighted by atomic mass is 10.1. The van der Waals surface area contributed by atoms with E-state index in [1.807, 2.05) is 6.92 Å². The maximum absolute atomic E-state index is 12.8. The average Bonchev–Trinajstić information content (AvgIpc) is 2.66. The fourth-order valence-electron chi connectivity index (χ4n) is 2.15. The van der Waals surface area contributed by atoms with E-state index in [1.54, 1.807) is 13.0 Å². The summed E-state index contributed by atoms with van der Waals surface area (Å²) in [7, 11) is -3.84. The van der Waals surface area contributed by atoms with Crippen LogP contribution in [0.2, 0.25) is 0 Å². The van der Waals surface area contributed by atoms with Gasteiger partial charge in [0, 0.05) is 0 Å². The number of benzene rings is 2. The number of rotatable bonds is 8. The summed E-state index contributed by atoms with van der Waals surface area (Å²) in [5, 5.41) is 2.27. The Labute approximate surface area is 163 Å². The van der Waals surface area contributed by atoms with Gasteiger partial charge in [-0.3, -0.25) is 9.59 Å². The standard InChI is InChI=1S/C19H21FN2O5S/c1-13-3-8-17(9-14(13)2)28(25,26)22-10-18(23)21-11-19(24)27-12-15-4-6-16(20)7-5-15/h3-9,22H,10-12H2,1-2H3,(H,21,23). The molecule has 0 aliphatic carbocycles. The number of halogens is 1. The highest BCUT2D eigenvalue weighted by molar-refractivity contribution is 7.89. The molecule has 2 rings (SSSR count). The van der Waals surface area contributed by atoms with Gasteiger partial charge in [0.1, 0.15) is 19.0 Å². The number of hydrogen-bond donors (Lipinski definition) is 2. The fraction of sp³-hybridized carbons (Fsp3) is 0.263. The fourth-order valence-corrected chi connectivity index (χ4v) is 3.22. The number of nitrogens with one attached hydrogen (secondary N) is 2. The predicted octanol–water partition coefficient (Wildman–Crippen LogP) is 1.58. The molecule has 0 aliphatic heterocycles. The van der Waals surface area contributed by atoms with Crippen LogP contribution in [0.5, 0.6) is 0 Å². The Hall–Kier alpha value is -2.78. The van der Waals surface area contributed by atoms with E-state index in [9.17, 15) is 22.4 Å². The molecule has 0 aliphatic rings. The van der Waals surface area contributed by atoms with Crippen molar-refractivity contribution < 1.29 is 27.1 Å². The first-order valence-electron chi connectivity index (χ1n) is 8.41. The zero-order chi connectivity index (χ0) is 20.7. The van der Waals surface area contributed by atoms with Crippen LogP contribution in [0.15, 0.2) is 47.4 Å². The number of carbonyl (C=O) groups is 2. The number of ether oxygens (including phenoxy) is 1. The van der Waals surface area contributed by atoms with Crippen LogP contribution in [0.3, 0.4) is 0 Å². The molecule has 9 heteroatoms. The van der Waals surface area contributed by atoms with Crippen LogP contribution in [0.4, 0.5) is 4.39 Å². The number of carbonyl (C=O) groups excluding carboxylic acids is 2. The highest BCUT2D eigenvalue weighted by Gasteiger charge is 2.16. The van der Waals surface area contributed by atoms with Crippen LogP contribution in [0.25, 0.3) is 0 Å². The zero-order valence-corrected chi connectivity index (χ0v) is 16.3. The minimum Gasteiger partial charge on any atom is -0.460 e. The van der Waals surface area contributed by atoms with E-state index < -0.39 is 40.8 Å². The molecule has 0 heterocycles. The van der Waals surface area contributed by atoms with E-state index >= 15 is 0 Å². The summed E-state index contributed by atoms with van der Waals surface area (Å²) < 4.78 is 44.3. The summed E-state index contributed by atoms with van der Waals surface area (Å²) in [5.41, 5.74) is 2.37. The topological polar surface area (TPSA) is 102 Å². The van der Waals surface area contributed by atoms with Gasteiger partial charge in [-0.1, -0.05) is 18.2 Å². The summed E-state index contributed by atoms with van der Waals surface area (Å²) in [4.78, 5) is 23.5. The van der Waals surface area contributed by atoms with Gasteiger partial charge in [0.05, 0.1) is 11.4 Å². The lowest BCUT2D eigenvalue weighted by molar-refractivity contribution is -0.145. The normalized spacial score (nSPS) is 11.1. The Kier molecular flexibility index (Phi) is 7.24. The minimum atomic E-state index is -3.84. The van der Waals surface area contributed by atoms with E-state index in [-0.39, 0.29) is 11.5 Å². The van der Waals surface area contributed by atoms with E-state index in [0.717, 1.165) is 11.1 Å². The lowest BCUT2D eigenvalue weighted by Crippen LogP contribution is -2.39. The summed E-state index contributed by atoms with van der Waals surface area (Å²) in [6.07, 6.45) is 0. The van der Waals surface area contributed by atoms with Crippen molar-refractivity contribution in [3.63, 3.8) is 0 Å². The summed E-state index contributed by atoms with van der Waals surface area (Å²) in [5.74, 6) is -1.77. The molecule has 7 nitrogen and oxygen atoms in total. The van der Waals surface area contributed by atoms with Crippen molar-refractivity contribution in [2.24, 2.45) is 0 Å². The second-order valence-corrected chi connectivity index (χ2v) is 7.90. The molecule has 1 amide bonds. The van der Waals surface area contributed by atoms with Crippen molar-refractivity contribution in [2.45, 2.75) is 25.3 Å². The lowest BCUT2D eigenvalue weighted by Gasteiger charge is -2.09. The number of amides is 1. The summed E-state index contributed by atoms with van der Waals surface area (Å²) >= 11 is 0. The van der Waals surface area contributed by atoms with Gasteiger partial charge >= 0.3 is 5.97 Å². The third-order valence-corrected chi connectivity index (χ3v) is 5.35. The van der Waals surface area contributed by atoms with Gasteiger partial charge in [-0.15, -0.1) is 0 Å². The van der Waals surface area contributed by atoms with E-state index in [1.165, 1.54) is 36.4 Å². The van der Waals surface area contributed by atoms with Crippen LogP contribution in [0, 0.1) is 19.7 Å². The second-order valence-electron chi connectivity index (χ2n) is 6.13. The van der Waals surface area contributed by atoms with E-state index in [4.69, 9.17) is 4.74 Å².